The molecule has 1 aliphatic heterocycles. The van der Waals surface area contributed by atoms with Crippen LogP contribution in [0.25, 0.3) is 0 Å². The summed E-state index contributed by atoms with van der Waals surface area (Å²) in [5, 5.41) is 3.43. The van der Waals surface area contributed by atoms with Crippen LogP contribution in [-0.2, 0) is 9.59 Å². The Morgan fingerprint density at radius 1 is 1.00 bits per heavy atom. The van der Waals surface area contributed by atoms with E-state index in [0.29, 0.717) is 45.6 Å². The topological polar surface area (TPSA) is 117 Å². The lowest BCUT2D eigenvalue weighted by Gasteiger charge is -2.20. The molecule has 0 aliphatic carbocycles. The van der Waals surface area contributed by atoms with Crippen LogP contribution in [0, 0.1) is 0 Å². The summed E-state index contributed by atoms with van der Waals surface area (Å²) in [5.74, 6) is -0.890. The van der Waals surface area contributed by atoms with Crippen LogP contribution in [0.2, 0.25) is 5.02 Å². The van der Waals surface area contributed by atoms with E-state index >= 15 is 0 Å². The number of nitrogen functional groups attached to an aromatic ring is 2. The minimum absolute atomic E-state index is 0.0258. The molecule has 0 saturated heterocycles. The molecule has 180 valence electrons. The molecule has 9 heteroatoms. The number of carbonyl (C=O) groups excluding carboxylic acids is 2. The van der Waals surface area contributed by atoms with Crippen molar-refractivity contribution in [3.63, 3.8) is 0 Å². The number of benzene rings is 3. The molecule has 1 heterocycles. The van der Waals surface area contributed by atoms with Gasteiger partial charge in [-0.25, -0.2) is 0 Å². The maximum atomic E-state index is 13.1. The Labute approximate surface area is 209 Å². The third-order valence-electron chi connectivity index (χ3n) is 5.81. The average molecular weight is 491 g/mol. The summed E-state index contributed by atoms with van der Waals surface area (Å²) in [7, 11) is 5.43. The zero-order valence-corrected chi connectivity index (χ0v) is 20.5. The Kier molecular flexibility index (Phi) is 6.77. The highest BCUT2D eigenvalue weighted by atomic mass is 35.5. The fraction of sp³-hybridized carbons (Fsp3) is 0.192. The van der Waals surface area contributed by atoms with Crippen LogP contribution in [0.4, 0.5) is 28.4 Å². The van der Waals surface area contributed by atoms with Crippen molar-refractivity contribution in [2.45, 2.75) is 5.92 Å². The fourth-order valence-corrected chi connectivity index (χ4v) is 4.12. The standard InChI is InChI=1S/C26H27ClN6O2/c1-32(2)14-23(34)33(3)18-8-6-17(7-9-18)30-25(15-4-11-20(28)21(29)12-15)24-19-10-5-16(27)13-22(19)31-26(24)35/h4-13,24H,14,28-29H2,1-3H3,(H,31,35). The van der Waals surface area contributed by atoms with Gasteiger partial charge in [0, 0.05) is 23.4 Å². The number of carbonyl (C=O) groups is 2. The van der Waals surface area contributed by atoms with Crippen molar-refractivity contribution < 1.29 is 9.59 Å². The lowest BCUT2D eigenvalue weighted by Crippen LogP contribution is -2.34. The monoisotopic (exact) mass is 490 g/mol. The molecule has 0 fully saturated rings. The van der Waals surface area contributed by atoms with Gasteiger partial charge in [-0.15, -0.1) is 0 Å². The molecule has 4 rings (SSSR count). The molecule has 5 N–H and O–H groups in total. The first-order chi connectivity index (χ1) is 16.6. The first-order valence-electron chi connectivity index (χ1n) is 11.0. The van der Waals surface area contributed by atoms with Gasteiger partial charge in [-0.1, -0.05) is 23.7 Å². The number of nitrogens with one attached hydrogen (secondary N) is 1. The number of aliphatic imine (C=N–C) groups is 1. The van der Waals surface area contributed by atoms with Crippen molar-refractivity contribution in [2.75, 3.05) is 49.4 Å². The van der Waals surface area contributed by atoms with Gasteiger partial charge in [-0.2, -0.15) is 0 Å². The number of hydrogen-bond acceptors (Lipinski definition) is 6. The molecule has 0 radical (unpaired) electrons. The minimum atomic E-state index is -0.658. The van der Waals surface area contributed by atoms with Gasteiger partial charge in [0.05, 0.1) is 29.3 Å². The summed E-state index contributed by atoms with van der Waals surface area (Å²) >= 11 is 6.13. The van der Waals surface area contributed by atoms with E-state index in [1.807, 2.05) is 49.3 Å². The Morgan fingerprint density at radius 3 is 2.37 bits per heavy atom. The number of likely N-dealkylation sites (N-methyl/N-ethyl adjacent to an activating group) is 2. The normalized spacial score (nSPS) is 15.2. The average Bonchev–Trinajstić information content (AvgIpc) is 3.13. The van der Waals surface area contributed by atoms with Crippen LogP contribution < -0.4 is 21.7 Å². The summed E-state index contributed by atoms with van der Waals surface area (Å²) in [4.78, 5) is 33.7. The number of halogens is 1. The highest BCUT2D eigenvalue weighted by Gasteiger charge is 2.35. The van der Waals surface area contributed by atoms with E-state index in [-0.39, 0.29) is 11.8 Å². The van der Waals surface area contributed by atoms with Crippen molar-refractivity contribution in [2.24, 2.45) is 4.99 Å². The number of nitrogens with two attached hydrogens (primary N) is 2. The van der Waals surface area contributed by atoms with E-state index in [1.54, 1.807) is 42.3 Å². The van der Waals surface area contributed by atoms with Gasteiger partial charge in [0.15, 0.2) is 0 Å². The summed E-state index contributed by atoms with van der Waals surface area (Å²) in [6, 6.07) is 17.8. The maximum Gasteiger partial charge on any atom is 0.240 e. The van der Waals surface area contributed by atoms with Crippen molar-refractivity contribution in [1.82, 2.24) is 4.90 Å². The Morgan fingerprint density at radius 2 is 1.71 bits per heavy atom. The van der Waals surface area contributed by atoms with Gasteiger partial charge in [0.2, 0.25) is 11.8 Å². The molecule has 0 aromatic heterocycles. The van der Waals surface area contributed by atoms with Gasteiger partial charge in [-0.05, 0) is 73.8 Å². The summed E-state index contributed by atoms with van der Waals surface area (Å²) in [6.07, 6.45) is 0. The molecule has 3 aromatic carbocycles. The molecule has 1 atom stereocenters. The van der Waals surface area contributed by atoms with Crippen LogP contribution in [-0.4, -0.2) is 50.1 Å². The summed E-state index contributed by atoms with van der Waals surface area (Å²) in [6.45, 7) is 0.305. The number of hydrogen-bond donors (Lipinski definition) is 3. The second-order valence-electron chi connectivity index (χ2n) is 8.70. The highest BCUT2D eigenvalue weighted by molar-refractivity contribution is 6.31. The van der Waals surface area contributed by atoms with E-state index in [9.17, 15) is 9.59 Å². The zero-order chi connectivity index (χ0) is 25.3. The predicted molar refractivity (Wildman–Crippen MR) is 143 cm³/mol. The molecule has 2 amide bonds. The number of anilines is 4. The zero-order valence-electron chi connectivity index (χ0n) is 19.7. The van der Waals surface area contributed by atoms with E-state index < -0.39 is 5.92 Å². The van der Waals surface area contributed by atoms with Gasteiger partial charge < -0.3 is 26.6 Å². The molecule has 1 aliphatic rings. The van der Waals surface area contributed by atoms with Crippen LogP contribution >= 0.6 is 11.6 Å². The molecular formula is C26H27ClN6O2. The van der Waals surface area contributed by atoms with Gasteiger partial charge in [0.25, 0.3) is 0 Å². The molecule has 8 nitrogen and oxygen atoms in total. The molecule has 0 spiro atoms. The number of rotatable bonds is 6. The van der Waals surface area contributed by atoms with Gasteiger partial charge in [-0.3, -0.25) is 14.6 Å². The van der Waals surface area contributed by atoms with Crippen LogP contribution in [0.5, 0.6) is 0 Å². The minimum Gasteiger partial charge on any atom is -0.397 e. The summed E-state index contributed by atoms with van der Waals surface area (Å²) < 4.78 is 0. The largest absolute Gasteiger partial charge is 0.397 e. The smallest absolute Gasteiger partial charge is 0.240 e. The Balaban J connectivity index is 1.75. The summed E-state index contributed by atoms with van der Waals surface area (Å²) in [5.41, 5.74) is 16.9. The third kappa shape index (κ3) is 5.13. The first-order valence-corrected chi connectivity index (χ1v) is 11.4. The number of amides is 2. The van der Waals surface area contributed by atoms with Gasteiger partial charge >= 0.3 is 0 Å². The van der Waals surface area contributed by atoms with Crippen molar-refractivity contribution >= 4 is 57.6 Å². The van der Waals surface area contributed by atoms with Crippen LogP contribution in [0.1, 0.15) is 17.0 Å². The Hall–Kier alpha value is -3.88. The second kappa shape index (κ2) is 9.77. The first kappa shape index (κ1) is 24.3. The van der Waals surface area contributed by atoms with E-state index in [2.05, 4.69) is 5.32 Å². The molecular weight excluding hydrogens is 464 g/mol. The lowest BCUT2D eigenvalue weighted by molar-refractivity contribution is -0.119. The Bertz CT molecular complexity index is 1320. The lowest BCUT2D eigenvalue weighted by atomic mass is 9.90. The van der Waals surface area contributed by atoms with Gasteiger partial charge in [0.1, 0.15) is 5.92 Å². The van der Waals surface area contributed by atoms with Crippen molar-refractivity contribution in [3.05, 3.63) is 76.8 Å². The molecule has 35 heavy (non-hydrogen) atoms. The molecule has 0 saturated carbocycles. The fourth-order valence-electron chi connectivity index (χ4n) is 3.95. The maximum absolute atomic E-state index is 13.1. The SMILES string of the molecule is CN(C)CC(=O)N(C)c1ccc(N=C(c2ccc(N)c(N)c2)C2C(=O)Nc3cc(Cl)ccc32)cc1. The quantitative estimate of drug-likeness (QED) is 0.358. The number of fused-ring (bicyclic) bond motifs is 1. The second-order valence-corrected chi connectivity index (χ2v) is 9.14. The van der Waals surface area contributed by atoms with E-state index in [4.69, 9.17) is 28.1 Å². The van der Waals surface area contributed by atoms with Crippen LogP contribution in [0.3, 0.4) is 0 Å². The molecule has 3 aromatic rings. The molecule has 0 bridgehead atoms. The predicted octanol–water partition coefficient (Wildman–Crippen LogP) is 3.89. The molecule has 1 unspecified atom stereocenters. The highest BCUT2D eigenvalue weighted by Crippen LogP contribution is 2.38. The van der Waals surface area contributed by atoms with Crippen LogP contribution in [0.15, 0.2) is 65.7 Å². The van der Waals surface area contributed by atoms with E-state index in [0.717, 1.165) is 11.3 Å². The number of nitrogens with zero attached hydrogens (tertiary/aromatic N) is 3. The third-order valence-corrected chi connectivity index (χ3v) is 6.05. The van der Waals surface area contributed by atoms with Crippen molar-refractivity contribution in [1.29, 1.82) is 0 Å². The van der Waals surface area contributed by atoms with Crippen molar-refractivity contribution in [3.8, 4) is 0 Å². The van der Waals surface area contributed by atoms with E-state index in [1.165, 1.54) is 0 Å².